The van der Waals surface area contributed by atoms with Crippen LogP contribution in [0.2, 0.25) is 0 Å². The number of pyridine rings is 1. The molecule has 1 unspecified atom stereocenters. The molecule has 0 fully saturated rings. The fraction of sp³-hybridized carbons (Fsp3) is 0.333. The molecule has 2 aliphatic rings. The first-order valence-corrected chi connectivity index (χ1v) is 8.22. The fourth-order valence-corrected chi connectivity index (χ4v) is 2.65. The molecule has 0 radical (unpaired) electrons. The van der Waals surface area contributed by atoms with Crippen molar-refractivity contribution >= 4 is 11.7 Å². The molecule has 3 rings (SSSR count). The van der Waals surface area contributed by atoms with Gasteiger partial charge in [0.1, 0.15) is 0 Å². The Hall–Kier alpha value is -2.80. The normalized spacial score (nSPS) is 19.0. The average molecular weight is 341 g/mol. The molecule has 1 aromatic rings. The molecule has 0 bridgehead atoms. The van der Waals surface area contributed by atoms with Crippen molar-refractivity contribution in [2.24, 2.45) is 5.73 Å². The van der Waals surface area contributed by atoms with Crippen LogP contribution in [0.4, 0.5) is 5.82 Å². The minimum absolute atomic E-state index is 0.0963. The van der Waals surface area contributed by atoms with E-state index < -0.39 is 0 Å². The summed E-state index contributed by atoms with van der Waals surface area (Å²) < 4.78 is 5.87. The molecule has 1 aromatic heterocycles. The van der Waals surface area contributed by atoms with Gasteiger partial charge < -0.3 is 26.0 Å². The first-order chi connectivity index (χ1) is 12.0. The first kappa shape index (κ1) is 17.0. The van der Waals surface area contributed by atoms with Crippen molar-refractivity contribution in [1.29, 1.82) is 0 Å². The maximum atomic E-state index is 12.3. The van der Waals surface area contributed by atoms with Crippen molar-refractivity contribution in [3.05, 3.63) is 53.4 Å². The van der Waals surface area contributed by atoms with Gasteiger partial charge in [-0.25, -0.2) is 4.98 Å². The number of nitrogens with one attached hydrogen (secondary N) is 2. The van der Waals surface area contributed by atoms with Crippen molar-refractivity contribution in [2.75, 3.05) is 32.5 Å². The number of amides is 1. The van der Waals surface area contributed by atoms with E-state index in [4.69, 9.17) is 10.5 Å². The SMILES string of the molecule is CN(C)CCNC(=O)C1=CC(N)=CC(C2Nc3ncccc3O2)=CC1. The van der Waals surface area contributed by atoms with Gasteiger partial charge in [0.05, 0.1) is 0 Å². The molecular formula is C18H23N5O2. The van der Waals surface area contributed by atoms with Crippen LogP contribution in [0.15, 0.2) is 53.4 Å². The third-order valence-corrected chi connectivity index (χ3v) is 3.95. The second kappa shape index (κ2) is 7.40. The summed E-state index contributed by atoms with van der Waals surface area (Å²) in [5, 5.41) is 6.13. The minimum atomic E-state index is -0.354. The lowest BCUT2D eigenvalue weighted by Gasteiger charge is -2.12. The minimum Gasteiger partial charge on any atom is -0.463 e. The molecule has 1 atom stereocenters. The highest BCUT2D eigenvalue weighted by Crippen LogP contribution is 2.32. The molecule has 4 N–H and O–H groups in total. The Kier molecular flexibility index (Phi) is 5.04. The summed E-state index contributed by atoms with van der Waals surface area (Å²) in [5.74, 6) is 1.32. The molecular weight excluding hydrogens is 318 g/mol. The van der Waals surface area contributed by atoms with E-state index in [9.17, 15) is 4.79 Å². The number of allylic oxidation sites excluding steroid dienone is 2. The van der Waals surface area contributed by atoms with Crippen LogP contribution in [0, 0.1) is 0 Å². The number of hydrogen-bond donors (Lipinski definition) is 3. The number of carbonyl (C=O) groups is 1. The summed E-state index contributed by atoms with van der Waals surface area (Å²) in [6.45, 7) is 1.38. The number of rotatable bonds is 5. The number of ether oxygens (including phenoxy) is 1. The number of fused-ring (bicyclic) bond motifs is 1. The van der Waals surface area contributed by atoms with Gasteiger partial charge in [0.15, 0.2) is 17.8 Å². The lowest BCUT2D eigenvalue weighted by Crippen LogP contribution is -2.32. The monoisotopic (exact) mass is 341 g/mol. The van der Waals surface area contributed by atoms with E-state index in [1.165, 1.54) is 0 Å². The third-order valence-electron chi connectivity index (χ3n) is 3.95. The number of aromatic nitrogens is 1. The Bertz CT molecular complexity index is 727. The van der Waals surface area contributed by atoms with Crippen LogP contribution in [-0.4, -0.2) is 49.2 Å². The van der Waals surface area contributed by atoms with Crippen molar-refractivity contribution in [3.8, 4) is 5.75 Å². The van der Waals surface area contributed by atoms with E-state index in [2.05, 4.69) is 15.6 Å². The molecule has 1 aliphatic heterocycles. The van der Waals surface area contributed by atoms with E-state index in [0.717, 1.165) is 12.1 Å². The third kappa shape index (κ3) is 4.19. The van der Waals surface area contributed by atoms with Crippen LogP contribution in [-0.2, 0) is 4.79 Å². The molecule has 1 amide bonds. The van der Waals surface area contributed by atoms with Crippen molar-refractivity contribution < 1.29 is 9.53 Å². The largest absolute Gasteiger partial charge is 0.463 e. The van der Waals surface area contributed by atoms with Gasteiger partial charge >= 0.3 is 0 Å². The molecule has 7 nitrogen and oxygen atoms in total. The second-order valence-electron chi connectivity index (χ2n) is 6.27. The highest BCUT2D eigenvalue weighted by atomic mass is 16.5. The van der Waals surface area contributed by atoms with Crippen LogP contribution in [0.25, 0.3) is 0 Å². The number of nitrogens with zero attached hydrogens (tertiary/aromatic N) is 2. The highest BCUT2D eigenvalue weighted by Gasteiger charge is 2.26. The average Bonchev–Trinajstić information content (AvgIpc) is 2.90. The summed E-state index contributed by atoms with van der Waals surface area (Å²) in [5.41, 5.74) is 8.10. The highest BCUT2D eigenvalue weighted by molar-refractivity contribution is 5.94. The summed E-state index contributed by atoms with van der Waals surface area (Å²) in [6, 6.07) is 3.69. The predicted octanol–water partition coefficient (Wildman–Crippen LogP) is 0.989. The van der Waals surface area contributed by atoms with Gasteiger partial charge in [-0.15, -0.1) is 0 Å². The summed E-state index contributed by atoms with van der Waals surface area (Å²) in [7, 11) is 3.93. The smallest absolute Gasteiger partial charge is 0.247 e. The van der Waals surface area contributed by atoms with Crippen LogP contribution < -0.4 is 21.1 Å². The number of anilines is 1. The number of nitrogens with two attached hydrogens (primary N) is 1. The molecule has 132 valence electrons. The van der Waals surface area contributed by atoms with Gasteiger partial charge in [-0.1, -0.05) is 6.08 Å². The molecule has 0 aromatic carbocycles. The van der Waals surface area contributed by atoms with Gasteiger partial charge in [-0.3, -0.25) is 4.79 Å². The van der Waals surface area contributed by atoms with E-state index in [1.54, 1.807) is 12.3 Å². The van der Waals surface area contributed by atoms with Crippen LogP contribution in [0.1, 0.15) is 6.42 Å². The lowest BCUT2D eigenvalue weighted by molar-refractivity contribution is -0.117. The quantitative estimate of drug-likeness (QED) is 0.740. The van der Waals surface area contributed by atoms with Gasteiger partial charge in [0.25, 0.3) is 0 Å². The molecule has 0 saturated heterocycles. The summed E-state index contributed by atoms with van der Waals surface area (Å²) in [4.78, 5) is 18.6. The van der Waals surface area contributed by atoms with E-state index in [1.807, 2.05) is 43.3 Å². The zero-order valence-electron chi connectivity index (χ0n) is 14.5. The number of hydrogen-bond acceptors (Lipinski definition) is 6. The Morgan fingerprint density at radius 1 is 1.48 bits per heavy atom. The van der Waals surface area contributed by atoms with Gasteiger partial charge in [0, 0.05) is 36.1 Å². The Balaban J connectivity index is 1.65. The zero-order chi connectivity index (χ0) is 17.8. The van der Waals surface area contributed by atoms with Crippen molar-refractivity contribution in [3.63, 3.8) is 0 Å². The summed E-state index contributed by atoms with van der Waals surface area (Å²) in [6.07, 6.45) is 7.35. The predicted molar refractivity (Wildman–Crippen MR) is 96.9 cm³/mol. The van der Waals surface area contributed by atoms with E-state index in [0.29, 0.717) is 35.8 Å². The zero-order valence-corrected chi connectivity index (χ0v) is 14.5. The lowest BCUT2D eigenvalue weighted by atomic mass is 10.1. The molecule has 2 heterocycles. The van der Waals surface area contributed by atoms with Crippen molar-refractivity contribution in [2.45, 2.75) is 12.6 Å². The summed E-state index contributed by atoms with van der Waals surface area (Å²) >= 11 is 0. The van der Waals surface area contributed by atoms with Crippen LogP contribution >= 0.6 is 0 Å². The topological polar surface area (TPSA) is 92.5 Å². The van der Waals surface area contributed by atoms with Gasteiger partial charge in [-0.2, -0.15) is 0 Å². The van der Waals surface area contributed by atoms with E-state index >= 15 is 0 Å². The molecule has 7 heteroatoms. The number of carbonyl (C=O) groups excluding carboxylic acids is 1. The maximum absolute atomic E-state index is 12.3. The molecule has 0 spiro atoms. The van der Waals surface area contributed by atoms with Crippen LogP contribution in [0.5, 0.6) is 5.75 Å². The van der Waals surface area contributed by atoms with E-state index in [-0.39, 0.29) is 12.1 Å². The fourth-order valence-electron chi connectivity index (χ4n) is 2.65. The Morgan fingerprint density at radius 2 is 2.32 bits per heavy atom. The standard InChI is InChI=1S/C18H23N5O2/c1-23(2)9-8-21-17(24)12-5-6-13(11-14(19)10-12)18-22-16-15(25-18)4-3-7-20-16/h3-4,6-7,10-11,18H,5,8-9,19H2,1-2H3,(H,20,22)(H,21,24). The number of likely N-dealkylation sites (N-methyl/N-ethyl adjacent to an activating group) is 1. The van der Waals surface area contributed by atoms with Gasteiger partial charge in [0.2, 0.25) is 5.91 Å². The maximum Gasteiger partial charge on any atom is 0.247 e. The molecule has 1 aliphatic carbocycles. The first-order valence-electron chi connectivity index (χ1n) is 8.22. The van der Waals surface area contributed by atoms with Crippen LogP contribution in [0.3, 0.4) is 0 Å². The Morgan fingerprint density at radius 3 is 3.08 bits per heavy atom. The second-order valence-corrected chi connectivity index (χ2v) is 6.27. The molecule has 25 heavy (non-hydrogen) atoms. The molecule has 0 saturated carbocycles. The van der Waals surface area contributed by atoms with Gasteiger partial charge in [-0.05, 0) is 44.8 Å². The van der Waals surface area contributed by atoms with Crippen molar-refractivity contribution in [1.82, 2.24) is 15.2 Å². The Labute approximate surface area is 147 Å².